The number of ether oxygens (including phenoxy) is 1. The molecule has 2 aromatic carbocycles. The Morgan fingerprint density at radius 1 is 1.06 bits per heavy atom. The number of halogens is 1. The number of anilines is 1. The van der Waals surface area contributed by atoms with Gasteiger partial charge in [-0.25, -0.2) is 4.21 Å². The van der Waals surface area contributed by atoms with Gasteiger partial charge in [-0.2, -0.15) is 0 Å². The summed E-state index contributed by atoms with van der Waals surface area (Å²) in [5.41, 5.74) is 7.35. The quantitative estimate of drug-likeness (QED) is 0.269. The number of hydrogen-bond donors (Lipinski definition) is 1. The number of amides is 2. The number of allylic oxidation sites excluding steroid dienone is 5. The number of nitrogens with zero attached hydrogens (tertiary/aromatic N) is 2. The predicted octanol–water partition coefficient (Wildman–Crippen LogP) is 4.68. The van der Waals surface area contributed by atoms with Gasteiger partial charge >= 0.3 is 191 Å². The van der Waals surface area contributed by atoms with Crippen molar-refractivity contribution in [2.24, 2.45) is 34.0 Å². The molecule has 2 bridgehead atoms. The van der Waals surface area contributed by atoms with Crippen LogP contribution >= 0.6 is 0 Å². The number of rotatable bonds is 5. The van der Waals surface area contributed by atoms with Gasteiger partial charge in [-0.3, -0.25) is 14.3 Å². The Morgan fingerprint density at radius 3 is 2.73 bits per heavy atom. The van der Waals surface area contributed by atoms with E-state index in [1.807, 2.05) is 42.5 Å². The van der Waals surface area contributed by atoms with Crippen molar-refractivity contribution >= 4 is 27.4 Å². The third kappa shape index (κ3) is 8.04. The van der Waals surface area contributed by atoms with Crippen molar-refractivity contribution in [3.63, 3.8) is 0 Å². The van der Waals surface area contributed by atoms with Crippen LogP contribution in [0.1, 0.15) is 80.6 Å². The fraction of sp³-hybridized carbons (Fsp3) is 0.524. The zero-order valence-corrected chi connectivity index (χ0v) is 32.7. The minimum absolute atomic E-state index is 0.125. The van der Waals surface area contributed by atoms with Crippen LogP contribution in [-0.4, -0.2) is 49.8 Å². The zero-order chi connectivity index (χ0) is 35.0. The molecule has 7 nitrogen and oxygen atoms in total. The average molecular weight is 821 g/mol. The van der Waals surface area contributed by atoms with Crippen molar-refractivity contribution in [3.8, 4) is 5.75 Å². The van der Waals surface area contributed by atoms with E-state index in [1.54, 1.807) is 22.8 Å². The number of alkyl halides is 2. The van der Waals surface area contributed by atoms with E-state index in [9.17, 15) is 13.8 Å². The number of carbonyl (C=O) groups is 2. The summed E-state index contributed by atoms with van der Waals surface area (Å²) in [6, 6.07) is 15.4. The first-order chi connectivity index (χ1) is 24.8. The maximum absolute atomic E-state index is 14.3. The Balaban J connectivity index is 1.12. The third-order valence-corrected chi connectivity index (χ3v) is 16.6. The second kappa shape index (κ2) is 15.2. The van der Waals surface area contributed by atoms with Crippen LogP contribution in [0, 0.1) is 29.6 Å². The van der Waals surface area contributed by atoms with Crippen LogP contribution in [0.15, 0.2) is 87.8 Å². The average Bonchev–Trinajstić information content (AvgIpc) is 3.96. The first kappa shape index (κ1) is 35.1. The van der Waals surface area contributed by atoms with E-state index in [1.165, 1.54) is 30.1 Å². The summed E-state index contributed by atoms with van der Waals surface area (Å²) in [5, 5.41) is 0. The van der Waals surface area contributed by atoms with Gasteiger partial charge in [0.25, 0.3) is 0 Å². The van der Waals surface area contributed by atoms with Gasteiger partial charge in [0.05, 0.1) is 5.75 Å². The summed E-state index contributed by atoms with van der Waals surface area (Å²) >= 11 is 0.414. The van der Waals surface area contributed by atoms with E-state index in [-0.39, 0.29) is 18.1 Å². The predicted molar refractivity (Wildman–Crippen MR) is 200 cm³/mol. The van der Waals surface area contributed by atoms with Gasteiger partial charge in [0.1, 0.15) is 9.92 Å². The Bertz CT molecular complexity index is 1870. The van der Waals surface area contributed by atoms with Crippen LogP contribution in [0.4, 0.5) is 5.69 Å². The van der Waals surface area contributed by atoms with Crippen LogP contribution in [-0.2, 0) is 21.1 Å². The number of nitrogens with one attached hydrogen (secondary N) is 1. The van der Waals surface area contributed by atoms with Crippen molar-refractivity contribution in [2.75, 3.05) is 34.8 Å². The number of hydrogen-bond acceptors (Lipinski definition) is 5. The van der Waals surface area contributed by atoms with Crippen molar-refractivity contribution in [1.82, 2.24) is 4.72 Å². The third-order valence-electron chi connectivity index (χ3n) is 12.2. The summed E-state index contributed by atoms with van der Waals surface area (Å²) < 4.78 is 30.4. The number of fused-ring (bicyclic) bond motifs is 4. The van der Waals surface area contributed by atoms with Crippen LogP contribution in [0.2, 0.25) is 0 Å². The molecular formula is C42H51IN3O4S-. The molecule has 8 rings (SSSR count). The van der Waals surface area contributed by atoms with Crippen LogP contribution in [0.3, 0.4) is 0 Å². The first-order valence-electron chi connectivity index (χ1n) is 19.1. The maximum atomic E-state index is 14.3. The molecular weight excluding hydrogens is 769 g/mol. The standard InChI is InChI=1S/C42H51IN3O4S/c1-28-8-4-3-7-21-51(49,44-41(47)20-11-29-9-5-2-6-10-29)45-42(48)32-16-19-40-39(23-32)46(25-33-15-17-35(28)33)26-37-34(27-50-40)13-12-30-22-31(38-24-43-38)14-18-36(30)37/h2,4-6,8-10,16,19,22-23,28,33-35,37-38H,3,7,11-15,17-18,20-21,24-27H2,1H3,(H,44,45,47,48,49)/q-1/b8-4+/t28-,33-,34?,35-,37?,38?,51?/m0/s1. The summed E-state index contributed by atoms with van der Waals surface area (Å²) in [7, 11) is -3.34. The molecule has 272 valence electrons. The monoisotopic (exact) mass is 820 g/mol. The van der Waals surface area contributed by atoms with E-state index in [0.29, 0.717) is 75.8 Å². The number of aryl methyl sites for hydroxylation is 1. The van der Waals surface area contributed by atoms with E-state index in [4.69, 9.17) is 4.74 Å². The SMILES string of the molecule is C[C@H]1/C=C/CCCS(=O)(NC(=O)CCc2ccccc2)=NC(=O)c2ccc3c(c2)N(CC2C4=C(C=C(C5C[I-]5)CC4)CCC2CO3)C[C@@H]2CC[C@H]21. The van der Waals surface area contributed by atoms with Crippen molar-refractivity contribution < 1.29 is 39.7 Å². The molecule has 1 saturated carbocycles. The van der Waals surface area contributed by atoms with Gasteiger partial charge in [-0.15, -0.1) is 4.36 Å². The normalized spacial score (nSPS) is 32.8. The molecule has 0 spiro atoms. The van der Waals surface area contributed by atoms with Crippen LogP contribution < -0.4 is 35.6 Å². The Morgan fingerprint density at radius 2 is 1.92 bits per heavy atom. The Kier molecular flexibility index (Phi) is 10.5. The minimum atomic E-state index is -3.34. The summed E-state index contributed by atoms with van der Waals surface area (Å²) in [6.45, 7) is 4.88. The molecule has 3 heterocycles. The molecule has 3 aliphatic carbocycles. The van der Waals surface area contributed by atoms with Gasteiger partial charge in [-0.1, -0.05) is 49.4 Å². The molecule has 2 fully saturated rings. The van der Waals surface area contributed by atoms with E-state index < -0.39 is 15.8 Å². The molecule has 1 saturated heterocycles. The molecule has 9 heteroatoms. The topological polar surface area (TPSA) is 88.1 Å². The Labute approximate surface area is 314 Å². The molecule has 6 aliphatic rings. The number of benzene rings is 2. The van der Waals surface area contributed by atoms with Gasteiger partial charge in [0.2, 0.25) is 5.91 Å². The van der Waals surface area contributed by atoms with Gasteiger partial charge in [0, 0.05) is 6.42 Å². The summed E-state index contributed by atoms with van der Waals surface area (Å²) in [4.78, 5) is 29.6. The molecule has 0 radical (unpaired) electrons. The fourth-order valence-corrected chi connectivity index (χ4v) is 12.6. The molecule has 51 heavy (non-hydrogen) atoms. The second-order valence-corrected chi connectivity index (χ2v) is 20.9. The Hall–Kier alpha value is -2.92. The molecule has 3 aliphatic heterocycles. The van der Waals surface area contributed by atoms with Crippen molar-refractivity contribution in [2.45, 2.75) is 75.1 Å². The van der Waals surface area contributed by atoms with Crippen molar-refractivity contribution in [1.29, 1.82) is 0 Å². The van der Waals surface area contributed by atoms with Crippen molar-refractivity contribution in [3.05, 3.63) is 94.6 Å². The fourth-order valence-electron chi connectivity index (χ4n) is 9.07. The van der Waals surface area contributed by atoms with Gasteiger partial charge in [-0.05, 0) is 24.8 Å². The zero-order valence-electron chi connectivity index (χ0n) is 29.7. The van der Waals surface area contributed by atoms with Gasteiger partial charge in [0.15, 0.2) is 0 Å². The number of carbonyl (C=O) groups excluding carboxylic acids is 2. The van der Waals surface area contributed by atoms with E-state index in [2.05, 4.69) is 39.1 Å². The van der Waals surface area contributed by atoms with Crippen LogP contribution in [0.25, 0.3) is 0 Å². The summed E-state index contributed by atoms with van der Waals surface area (Å²) in [6.07, 6.45) is 16.3. The van der Waals surface area contributed by atoms with E-state index >= 15 is 0 Å². The second-order valence-electron chi connectivity index (χ2n) is 15.5. The first-order valence-corrected chi connectivity index (χ1v) is 23.6. The molecule has 2 amide bonds. The van der Waals surface area contributed by atoms with E-state index in [0.717, 1.165) is 53.3 Å². The summed E-state index contributed by atoms with van der Waals surface area (Å²) in [5.74, 6) is 2.57. The van der Waals surface area contributed by atoms with Crippen LogP contribution in [0.5, 0.6) is 5.75 Å². The van der Waals surface area contributed by atoms with Gasteiger partial charge < -0.3 is 0 Å². The molecule has 7 atom stereocenters. The molecule has 4 unspecified atom stereocenters. The molecule has 0 aromatic heterocycles. The molecule has 1 N–H and O–H groups in total. The molecule has 2 aromatic rings.